The normalized spacial score (nSPS) is 22.4. The van der Waals surface area contributed by atoms with Gasteiger partial charge in [-0.2, -0.15) is 0 Å². The van der Waals surface area contributed by atoms with E-state index in [1.165, 1.54) is 16.7 Å². The molecule has 0 aromatic heterocycles. The molecule has 1 aromatic rings. The molecule has 3 nitrogen and oxygen atoms in total. The summed E-state index contributed by atoms with van der Waals surface area (Å²) in [5.41, 5.74) is 10.0. The smallest absolute Gasteiger partial charge is 0.0963 e. The molecule has 17 heavy (non-hydrogen) atoms. The fourth-order valence-electron chi connectivity index (χ4n) is 2.34. The van der Waals surface area contributed by atoms with Crippen LogP contribution in [0, 0.1) is 13.8 Å². The van der Waals surface area contributed by atoms with Crippen molar-refractivity contribution in [1.82, 2.24) is 0 Å². The highest BCUT2D eigenvalue weighted by Gasteiger charge is 2.22. The lowest BCUT2D eigenvalue weighted by Gasteiger charge is -2.28. The Morgan fingerprint density at radius 3 is 2.53 bits per heavy atom. The Morgan fingerprint density at radius 2 is 1.94 bits per heavy atom. The Labute approximate surface area is 103 Å². The Balaban J connectivity index is 1.99. The van der Waals surface area contributed by atoms with Gasteiger partial charge in [0, 0.05) is 6.04 Å². The lowest BCUT2D eigenvalue weighted by molar-refractivity contribution is -0.0967. The van der Waals surface area contributed by atoms with Gasteiger partial charge >= 0.3 is 0 Å². The number of benzene rings is 1. The van der Waals surface area contributed by atoms with Gasteiger partial charge in [-0.1, -0.05) is 29.3 Å². The van der Waals surface area contributed by atoms with Crippen LogP contribution in [0.15, 0.2) is 18.2 Å². The summed E-state index contributed by atoms with van der Waals surface area (Å²) < 4.78 is 11.0. The third-order valence-corrected chi connectivity index (χ3v) is 3.07. The molecule has 2 N–H and O–H groups in total. The number of hydrogen-bond donors (Lipinski definition) is 1. The molecule has 2 unspecified atom stereocenters. The van der Waals surface area contributed by atoms with Gasteiger partial charge in [-0.05, 0) is 25.8 Å². The van der Waals surface area contributed by atoms with Gasteiger partial charge in [-0.25, -0.2) is 0 Å². The van der Waals surface area contributed by atoms with Crippen molar-refractivity contribution in [3.05, 3.63) is 34.9 Å². The SMILES string of the molecule is Cc1cc(C)cc(CC(N)C2COCCO2)c1. The third kappa shape index (κ3) is 3.53. The van der Waals surface area contributed by atoms with E-state index >= 15 is 0 Å². The Hall–Kier alpha value is -0.900. The molecule has 94 valence electrons. The van der Waals surface area contributed by atoms with Crippen LogP contribution >= 0.6 is 0 Å². The summed E-state index contributed by atoms with van der Waals surface area (Å²) >= 11 is 0. The molecule has 3 heteroatoms. The van der Waals surface area contributed by atoms with Crippen LogP contribution in [0.25, 0.3) is 0 Å². The topological polar surface area (TPSA) is 44.5 Å². The molecule has 1 aliphatic rings. The van der Waals surface area contributed by atoms with E-state index in [-0.39, 0.29) is 12.1 Å². The standard InChI is InChI=1S/C14H21NO2/c1-10-5-11(2)7-12(6-10)8-13(15)14-9-16-3-4-17-14/h5-7,13-14H,3-4,8-9,15H2,1-2H3. The zero-order valence-corrected chi connectivity index (χ0v) is 10.6. The maximum Gasteiger partial charge on any atom is 0.0963 e. The monoisotopic (exact) mass is 235 g/mol. The second-order valence-electron chi connectivity index (χ2n) is 4.85. The fraction of sp³-hybridized carbons (Fsp3) is 0.571. The van der Waals surface area contributed by atoms with E-state index in [4.69, 9.17) is 15.2 Å². The summed E-state index contributed by atoms with van der Waals surface area (Å²) in [6.45, 7) is 6.19. The van der Waals surface area contributed by atoms with Gasteiger partial charge in [-0.3, -0.25) is 0 Å². The van der Waals surface area contributed by atoms with Gasteiger partial charge in [0.2, 0.25) is 0 Å². The van der Waals surface area contributed by atoms with Crippen molar-refractivity contribution in [3.63, 3.8) is 0 Å². The molecule has 0 aliphatic carbocycles. The minimum absolute atomic E-state index is 0.0106. The van der Waals surface area contributed by atoms with Crippen molar-refractivity contribution in [3.8, 4) is 0 Å². The Kier molecular flexibility index (Phi) is 4.15. The molecule has 1 aliphatic heterocycles. The third-order valence-electron chi connectivity index (χ3n) is 3.07. The molecule has 0 bridgehead atoms. The van der Waals surface area contributed by atoms with Gasteiger partial charge in [0.15, 0.2) is 0 Å². The molecule has 1 fully saturated rings. The summed E-state index contributed by atoms with van der Waals surface area (Å²) in [6.07, 6.45) is 0.876. The van der Waals surface area contributed by atoms with Crippen LogP contribution < -0.4 is 5.73 Å². The van der Waals surface area contributed by atoms with Crippen LogP contribution in [-0.4, -0.2) is 32.0 Å². The van der Waals surface area contributed by atoms with Gasteiger partial charge < -0.3 is 15.2 Å². The molecule has 0 spiro atoms. The van der Waals surface area contributed by atoms with Crippen molar-refractivity contribution in [2.24, 2.45) is 5.73 Å². The average molecular weight is 235 g/mol. The maximum atomic E-state index is 6.18. The molecular formula is C14H21NO2. The lowest BCUT2D eigenvalue weighted by atomic mass is 9.99. The summed E-state index contributed by atoms with van der Waals surface area (Å²) in [5.74, 6) is 0. The van der Waals surface area contributed by atoms with Gasteiger partial charge in [0.05, 0.1) is 25.9 Å². The zero-order valence-electron chi connectivity index (χ0n) is 10.6. The number of rotatable bonds is 3. The van der Waals surface area contributed by atoms with Crippen molar-refractivity contribution >= 4 is 0 Å². The Morgan fingerprint density at radius 1 is 1.24 bits per heavy atom. The van der Waals surface area contributed by atoms with Gasteiger partial charge in [-0.15, -0.1) is 0 Å². The number of nitrogens with two attached hydrogens (primary N) is 1. The first-order valence-corrected chi connectivity index (χ1v) is 6.17. The van der Waals surface area contributed by atoms with Crippen molar-refractivity contribution in [2.75, 3.05) is 19.8 Å². The molecule has 2 rings (SSSR count). The van der Waals surface area contributed by atoms with Crippen LogP contribution in [0.1, 0.15) is 16.7 Å². The Bertz CT molecular complexity index is 352. The quantitative estimate of drug-likeness (QED) is 0.865. The fourth-order valence-corrected chi connectivity index (χ4v) is 2.34. The molecule has 0 saturated carbocycles. The number of hydrogen-bond acceptors (Lipinski definition) is 3. The average Bonchev–Trinajstić information content (AvgIpc) is 2.28. The number of aryl methyl sites for hydroxylation is 2. The summed E-state index contributed by atoms with van der Waals surface area (Å²) in [6, 6.07) is 6.57. The van der Waals surface area contributed by atoms with E-state index in [2.05, 4.69) is 32.0 Å². The maximum absolute atomic E-state index is 6.18. The van der Waals surface area contributed by atoms with Crippen molar-refractivity contribution < 1.29 is 9.47 Å². The first-order valence-electron chi connectivity index (χ1n) is 6.17. The van der Waals surface area contributed by atoms with Crippen LogP contribution in [0.2, 0.25) is 0 Å². The van der Waals surface area contributed by atoms with E-state index in [0.717, 1.165) is 6.42 Å². The first-order chi connectivity index (χ1) is 8.15. The highest BCUT2D eigenvalue weighted by molar-refractivity contribution is 5.29. The summed E-state index contributed by atoms with van der Waals surface area (Å²) in [7, 11) is 0. The summed E-state index contributed by atoms with van der Waals surface area (Å²) in [5, 5.41) is 0. The predicted molar refractivity (Wildman–Crippen MR) is 68.2 cm³/mol. The molecule has 2 atom stereocenters. The van der Waals surface area contributed by atoms with Crippen LogP contribution in [-0.2, 0) is 15.9 Å². The summed E-state index contributed by atoms with van der Waals surface area (Å²) in [4.78, 5) is 0. The minimum atomic E-state index is 0.0106. The lowest BCUT2D eigenvalue weighted by Crippen LogP contribution is -2.44. The van der Waals surface area contributed by atoms with E-state index in [1.807, 2.05) is 0 Å². The molecule has 0 radical (unpaired) electrons. The van der Waals surface area contributed by atoms with E-state index in [0.29, 0.717) is 19.8 Å². The van der Waals surface area contributed by atoms with Crippen LogP contribution in [0.5, 0.6) is 0 Å². The molecule has 0 amide bonds. The van der Waals surface area contributed by atoms with Crippen molar-refractivity contribution in [2.45, 2.75) is 32.4 Å². The van der Waals surface area contributed by atoms with Crippen LogP contribution in [0.3, 0.4) is 0 Å². The highest BCUT2D eigenvalue weighted by atomic mass is 16.6. The highest BCUT2D eigenvalue weighted by Crippen LogP contribution is 2.13. The minimum Gasteiger partial charge on any atom is -0.376 e. The second-order valence-corrected chi connectivity index (χ2v) is 4.85. The molecular weight excluding hydrogens is 214 g/mol. The van der Waals surface area contributed by atoms with Gasteiger partial charge in [0.1, 0.15) is 0 Å². The molecule has 1 heterocycles. The van der Waals surface area contributed by atoms with Crippen LogP contribution in [0.4, 0.5) is 0 Å². The zero-order chi connectivity index (χ0) is 12.3. The van der Waals surface area contributed by atoms with E-state index in [9.17, 15) is 0 Å². The second kappa shape index (κ2) is 5.63. The predicted octanol–water partition coefficient (Wildman–Crippen LogP) is 1.59. The van der Waals surface area contributed by atoms with E-state index < -0.39 is 0 Å². The number of ether oxygens (including phenoxy) is 2. The van der Waals surface area contributed by atoms with Crippen molar-refractivity contribution in [1.29, 1.82) is 0 Å². The van der Waals surface area contributed by atoms with E-state index in [1.54, 1.807) is 0 Å². The molecule has 1 saturated heterocycles. The van der Waals surface area contributed by atoms with Gasteiger partial charge in [0.25, 0.3) is 0 Å². The first kappa shape index (κ1) is 12.6. The largest absolute Gasteiger partial charge is 0.376 e. The molecule has 1 aromatic carbocycles.